The first-order valence-corrected chi connectivity index (χ1v) is 6.84. The van der Waals surface area contributed by atoms with Crippen molar-refractivity contribution in [1.82, 2.24) is 4.72 Å². The van der Waals surface area contributed by atoms with Crippen LogP contribution in [0.1, 0.15) is 16.7 Å². The van der Waals surface area contributed by atoms with E-state index in [1.54, 1.807) is 13.0 Å². The lowest BCUT2D eigenvalue weighted by Gasteiger charge is -2.05. The zero-order valence-corrected chi connectivity index (χ0v) is 10.8. The maximum atomic E-state index is 11.8. The van der Waals surface area contributed by atoms with E-state index in [0.717, 1.165) is 15.3 Å². The van der Waals surface area contributed by atoms with Crippen LogP contribution in [0.2, 0.25) is 0 Å². The summed E-state index contributed by atoms with van der Waals surface area (Å²) in [6.45, 7) is 9.44. The summed E-state index contributed by atoms with van der Waals surface area (Å²) in [5.74, 6) is 0. The molecule has 84 valence electrons. The molecule has 0 aliphatic carbocycles. The van der Waals surface area contributed by atoms with E-state index in [2.05, 4.69) is 11.3 Å². The van der Waals surface area contributed by atoms with Crippen LogP contribution in [-0.4, -0.2) is 15.0 Å². The lowest BCUT2D eigenvalue weighted by Crippen LogP contribution is -2.25. The topological polar surface area (TPSA) is 46.2 Å². The lowest BCUT2D eigenvalue weighted by atomic mass is 10.4. The molecule has 0 aliphatic heterocycles. The molecule has 0 saturated carbocycles. The summed E-state index contributed by atoms with van der Waals surface area (Å²) in [4.78, 5) is 2.20. The summed E-state index contributed by atoms with van der Waals surface area (Å²) in [6.07, 6.45) is 0. The van der Waals surface area contributed by atoms with Gasteiger partial charge in [0.25, 0.3) is 0 Å². The van der Waals surface area contributed by atoms with E-state index >= 15 is 0 Å². The van der Waals surface area contributed by atoms with Crippen LogP contribution in [0, 0.1) is 13.8 Å². The van der Waals surface area contributed by atoms with E-state index in [-0.39, 0.29) is 6.54 Å². The van der Waals surface area contributed by atoms with E-state index in [9.17, 15) is 8.42 Å². The highest BCUT2D eigenvalue weighted by atomic mass is 32.2. The first kappa shape index (κ1) is 12.4. The zero-order valence-electron chi connectivity index (χ0n) is 9.12. The van der Waals surface area contributed by atoms with Crippen molar-refractivity contribution in [3.8, 4) is 0 Å². The molecule has 3 nitrogen and oxygen atoms in total. The quantitative estimate of drug-likeness (QED) is 0.827. The van der Waals surface area contributed by atoms with E-state index in [1.807, 2.05) is 13.8 Å². The number of hydrogen-bond donors (Lipinski definition) is 1. The number of rotatable bonds is 4. The monoisotopic (exact) mass is 245 g/mol. The maximum Gasteiger partial charge on any atom is 0.241 e. The van der Waals surface area contributed by atoms with Crippen molar-refractivity contribution in [3.05, 3.63) is 28.0 Å². The SMILES string of the molecule is C=C(C)CNS(=O)(=O)c1cc(C)sc1C. The van der Waals surface area contributed by atoms with Gasteiger partial charge in [-0.25, -0.2) is 13.1 Å². The number of hydrogen-bond acceptors (Lipinski definition) is 3. The second-order valence-corrected chi connectivity index (χ2v) is 6.75. The maximum absolute atomic E-state index is 11.8. The molecule has 0 aliphatic rings. The average molecular weight is 245 g/mol. The van der Waals surface area contributed by atoms with Crippen molar-refractivity contribution in [2.24, 2.45) is 0 Å². The van der Waals surface area contributed by atoms with Crippen LogP contribution in [0.25, 0.3) is 0 Å². The van der Waals surface area contributed by atoms with Gasteiger partial charge in [-0.15, -0.1) is 11.3 Å². The number of thiophene rings is 1. The van der Waals surface area contributed by atoms with Gasteiger partial charge in [0, 0.05) is 16.3 Å². The Bertz CT molecular complexity index is 472. The van der Waals surface area contributed by atoms with Gasteiger partial charge >= 0.3 is 0 Å². The fourth-order valence-electron chi connectivity index (χ4n) is 1.17. The molecular formula is C10H15NO2S2. The number of aryl methyl sites for hydroxylation is 2. The normalized spacial score (nSPS) is 11.7. The Morgan fingerprint density at radius 2 is 2.13 bits per heavy atom. The van der Waals surface area contributed by atoms with Crippen LogP contribution in [-0.2, 0) is 10.0 Å². The molecule has 0 spiro atoms. The predicted molar refractivity (Wildman–Crippen MR) is 63.8 cm³/mol. The van der Waals surface area contributed by atoms with E-state index in [1.165, 1.54) is 11.3 Å². The number of nitrogens with one attached hydrogen (secondary N) is 1. The van der Waals surface area contributed by atoms with Crippen LogP contribution < -0.4 is 4.72 Å². The van der Waals surface area contributed by atoms with Gasteiger partial charge in [0.2, 0.25) is 10.0 Å². The first-order chi connectivity index (χ1) is 6.83. The molecule has 0 atom stereocenters. The summed E-state index contributed by atoms with van der Waals surface area (Å²) in [6, 6.07) is 1.70. The predicted octanol–water partition coefficient (Wildman–Crippen LogP) is 2.22. The second-order valence-electron chi connectivity index (χ2n) is 3.56. The summed E-state index contributed by atoms with van der Waals surface area (Å²) >= 11 is 1.49. The van der Waals surface area contributed by atoms with E-state index < -0.39 is 10.0 Å². The van der Waals surface area contributed by atoms with Crippen LogP contribution in [0.4, 0.5) is 0 Å². The molecule has 0 radical (unpaired) electrons. The molecule has 15 heavy (non-hydrogen) atoms. The molecule has 0 fully saturated rings. The molecule has 1 rings (SSSR count). The van der Waals surface area contributed by atoms with Crippen LogP contribution in [0.15, 0.2) is 23.1 Å². The molecule has 1 aromatic heterocycles. The molecule has 0 aromatic carbocycles. The Labute approximate surface area is 94.9 Å². The molecule has 0 bridgehead atoms. The fraction of sp³-hybridized carbons (Fsp3) is 0.400. The minimum atomic E-state index is -3.37. The van der Waals surface area contributed by atoms with Crippen molar-refractivity contribution in [3.63, 3.8) is 0 Å². The summed E-state index contributed by atoms with van der Waals surface area (Å²) in [5, 5.41) is 0. The Kier molecular flexibility index (Phi) is 3.70. The van der Waals surface area contributed by atoms with Gasteiger partial charge in [-0.2, -0.15) is 0 Å². The Hall–Kier alpha value is -0.650. The summed E-state index contributed by atoms with van der Waals surface area (Å²) < 4.78 is 26.2. The molecular weight excluding hydrogens is 230 g/mol. The van der Waals surface area contributed by atoms with Crippen LogP contribution in [0.3, 0.4) is 0 Å². The summed E-state index contributed by atoms with van der Waals surface area (Å²) in [7, 11) is -3.37. The minimum absolute atomic E-state index is 0.288. The van der Waals surface area contributed by atoms with Gasteiger partial charge < -0.3 is 0 Å². The van der Waals surface area contributed by atoms with Crippen molar-refractivity contribution in [2.75, 3.05) is 6.54 Å². The van der Waals surface area contributed by atoms with E-state index in [4.69, 9.17) is 0 Å². The number of sulfonamides is 1. The Morgan fingerprint density at radius 1 is 1.53 bits per heavy atom. The molecule has 1 heterocycles. The third-order valence-corrected chi connectivity index (χ3v) is 4.47. The third-order valence-electron chi connectivity index (χ3n) is 1.85. The molecule has 1 N–H and O–H groups in total. The van der Waals surface area contributed by atoms with Crippen LogP contribution in [0.5, 0.6) is 0 Å². The smallest absolute Gasteiger partial charge is 0.207 e. The highest BCUT2D eigenvalue weighted by Crippen LogP contribution is 2.24. The van der Waals surface area contributed by atoms with Gasteiger partial charge in [-0.1, -0.05) is 12.2 Å². The van der Waals surface area contributed by atoms with Crippen molar-refractivity contribution >= 4 is 21.4 Å². The lowest BCUT2D eigenvalue weighted by molar-refractivity contribution is 0.584. The fourth-order valence-corrected chi connectivity index (χ4v) is 3.82. The summed E-state index contributed by atoms with van der Waals surface area (Å²) in [5.41, 5.74) is 0.795. The van der Waals surface area contributed by atoms with Crippen molar-refractivity contribution in [1.29, 1.82) is 0 Å². The average Bonchev–Trinajstić information content (AvgIpc) is 2.43. The largest absolute Gasteiger partial charge is 0.241 e. The molecule has 1 aromatic rings. The zero-order chi connectivity index (χ0) is 11.6. The van der Waals surface area contributed by atoms with Gasteiger partial charge in [-0.05, 0) is 26.8 Å². The van der Waals surface area contributed by atoms with E-state index in [0.29, 0.717) is 4.90 Å². The third kappa shape index (κ3) is 3.15. The molecule has 5 heteroatoms. The Balaban J connectivity index is 2.96. The second kappa shape index (κ2) is 4.47. The Morgan fingerprint density at radius 3 is 2.53 bits per heavy atom. The minimum Gasteiger partial charge on any atom is -0.207 e. The van der Waals surface area contributed by atoms with Crippen molar-refractivity contribution in [2.45, 2.75) is 25.7 Å². The molecule has 0 unspecified atom stereocenters. The highest BCUT2D eigenvalue weighted by molar-refractivity contribution is 7.89. The van der Waals surface area contributed by atoms with Gasteiger partial charge in [-0.3, -0.25) is 0 Å². The molecule has 0 amide bonds. The highest BCUT2D eigenvalue weighted by Gasteiger charge is 2.18. The van der Waals surface area contributed by atoms with Gasteiger partial charge in [0.1, 0.15) is 0 Å². The van der Waals surface area contributed by atoms with Gasteiger partial charge in [0.05, 0.1) is 4.90 Å². The standard InChI is InChI=1S/C10H15NO2S2/c1-7(2)6-11-15(12,13)10-5-8(3)14-9(10)4/h5,11H,1,6H2,2-4H3. The van der Waals surface area contributed by atoms with Crippen molar-refractivity contribution < 1.29 is 8.42 Å². The van der Waals surface area contributed by atoms with Gasteiger partial charge in [0.15, 0.2) is 0 Å². The van der Waals surface area contributed by atoms with Crippen LogP contribution >= 0.6 is 11.3 Å². The molecule has 0 saturated heterocycles. The first-order valence-electron chi connectivity index (χ1n) is 4.54.